The van der Waals surface area contributed by atoms with E-state index in [1.165, 1.54) is 19.3 Å². The summed E-state index contributed by atoms with van der Waals surface area (Å²) in [6, 6.07) is 0. The van der Waals surface area contributed by atoms with E-state index in [2.05, 4.69) is 5.32 Å². The van der Waals surface area contributed by atoms with E-state index >= 15 is 0 Å². The van der Waals surface area contributed by atoms with Gasteiger partial charge in [0.2, 0.25) is 0 Å². The third-order valence-electron chi connectivity index (χ3n) is 3.98. The van der Waals surface area contributed by atoms with Gasteiger partial charge in [0.1, 0.15) is 0 Å². The van der Waals surface area contributed by atoms with Crippen molar-refractivity contribution in [3.8, 4) is 0 Å². The Kier molecular flexibility index (Phi) is 3.14. The van der Waals surface area contributed by atoms with Crippen LogP contribution in [0.15, 0.2) is 0 Å². The summed E-state index contributed by atoms with van der Waals surface area (Å²) in [5.41, 5.74) is 0.440. The molecule has 1 spiro atoms. The van der Waals surface area contributed by atoms with Gasteiger partial charge in [0.15, 0.2) is 0 Å². The highest BCUT2D eigenvalue weighted by Crippen LogP contribution is 2.39. The summed E-state index contributed by atoms with van der Waals surface area (Å²) >= 11 is 0. The van der Waals surface area contributed by atoms with Crippen molar-refractivity contribution >= 4 is 6.09 Å². The Morgan fingerprint density at radius 1 is 1.13 bits per heavy atom. The lowest BCUT2D eigenvalue weighted by atomic mass is 9.73. The average Bonchev–Trinajstić information content (AvgIpc) is 2.43. The average molecular weight is 212 g/mol. The third-order valence-corrected chi connectivity index (χ3v) is 3.98. The summed E-state index contributed by atoms with van der Waals surface area (Å²) < 4.78 is 0. The number of amides is 1. The Balaban J connectivity index is 1.96. The van der Waals surface area contributed by atoms with E-state index < -0.39 is 6.09 Å². The number of rotatable bonds is 0. The zero-order chi connectivity index (χ0) is 10.7. The Morgan fingerprint density at radius 3 is 2.53 bits per heavy atom. The number of piperidine rings is 1. The van der Waals surface area contributed by atoms with Crippen LogP contribution in [0.25, 0.3) is 0 Å². The molecule has 2 saturated heterocycles. The molecule has 2 rings (SSSR count). The van der Waals surface area contributed by atoms with Crippen LogP contribution in [0.2, 0.25) is 0 Å². The third kappa shape index (κ3) is 2.43. The summed E-state index contributed by atoms with van der Waals surface area (Å²) in [4.78, 5) is 12.5. The van der Waals surface area contributed by atoms with Crippen LogP contribution >= 0.6 is 0 Å². The van der Waals surface area contributed by atoms with Crippen molar-refractivity contribution < 1.29 is 9.90 Å². The fraction of sp³-hybridized carbons (Fsp3) is 0.909. The van der Waals surface area contributed by atoms with E-state index in [9.17, 15) is 4.79 Å². The van der Waals surface area contributed by atoms with Crippen LogP contribution in [-0.2, 0) is 0 Å². The second-order valence-electron chi connectivity index (χ2n) is 4.87. The molecular weight excluding hydrogens is 192 g/mol. The SMILES string of the molecule is O=C(O)N1CCCC2(CCNCC2)CC1. The first-order valence-electron chi connectivity index (χ1n) is 5.91. The predicted octanol–water partition coefficient (Wildman–Crippen LogP) is 1.52. The number of nitrogens with one attached hydrogen (secondary N) is 1. The quantitative estimate of drug-likeness (QED) is 0.640. The molecule has 2 heterocycles. The number of nitrogens with zero attached hydrogens (tertiary/aromatic N) is 1. The predicted molar refractivity (Wildman–Crippen MR) is 58.0 cm³/mol. The maximum Gasteiger partial charge on any atom is 0.407 e. The Labute approximate surface area is 90.6 Å². The molecule has 0 aliphatic carbocycles. The zero-order valence-electron chi connectivity index (χ0n) is 9.17. The second-order valence-corrected chi connectivity index (χ2v) is 4.87. The van der Waals surface area contributed by atoms with Gasteiger partial charge in [-0.15, -0.1) is 0 Å². The van der Waals surface area contributed by atoms with Crippen LogP contribution in [0.1, 0.15) is 32.1 Å². The van der Waals surface area contributed by atoms with Crippen LogP contribution in [0.5, 0.6) is 0 Å². The Bertz CT molecular complexity index is 237. The first-order valence-corrected chi connectivity index (χ1v) is 5.91. The summed E-state index contributed by atoms with van der Waals surface area (Å²) in [5.74, 6) is 0. The molecule has 0 bridgehead atoms. The second kappa shape index (κ2) is 4.39. The molecule has 2 N–H and O–H groups in total. The number of carbonyl (C=O) groups is 1. The van der Waals surface area contributed by atoms with E-state index in [0.29, 0.717) is 5.41 Å². The molecule has 0 aromatic heterocycles. The van der Waals surface area contributed by atoms with Gasteiger partial charge in [-0.25, -0.2) is 4.79 Å². The highest BCUT2D eigenvalue weighted by Gasteiger charge is 2.34. The molecule has 2 fully saturated rings. The number of likely N-dealkylation sites (tertiary alicyclic amines) is 1. The molecule has 15 heavy (non-hydrogen) atoms. The van der Waals surface area contributed by atoms with Crippen LogP contribution in [-0.4, -0.2) is 42.3 Å². The number of hydrogen-bond acceptors (Lipinski definition) is 2. The molecule has 0 radical (unpaired) electrons. The topological polar surface area (TPSA) is 52.6 Å². The Hall–Kier alpha value is -0.770. The molecule has 86 valence electrons. The van der Waals surface area contributed by atoms with Crippen LogP contribution < -0.4 is 5.32 Å². The molecule has 1 amide bonds. The van der Waals surface area contributed by atoms with Crippen LogP contribution in [0.4, 0.5) is 4.79 Å². The van der Waals surface area contributed by atoms with Crippen molar-refractivity contribution in [2.24, 2.45) is 5.41 Å². The normalized spacial score (nSPS) is 26.3. The number of hydrogen-bond donors (Lipinski definition) is 2. The van der Waals surface area contributed by atoms with Gasteiger partial charge in [0, 0.05) is 13.1 Å². The molecule has 4 nitrogen and oxygen atoms in total. The molecule has 0 atom stereocenters. The van der Waals surface area contributed by atoms with E-state index in [0.717, 1.165) is 39.0 Å². The van der Waals surface area contributed by atoms with Crippen molar-refractivity contribution in [3.63, 3.8) is 0 Å². The zero-order valence-corrected chi connectivity index (χ0v) is 9.17. The summed E-state index contributed by atoms with van der Waals surface area (Å²) in [7, 11) is 0. The molecule has 2 aliphatic rings. The molecule has 0 unspecified atom stereocenters. The smallest absolute Gasteiger partial charge is 0.407 e. The lowest BCUT2D eigenvalue weighted by Gasteiger charge is -2.36. The minimum Gasteiger partial charge on any atom is -0.465 e. The lowest BCUT2D eigenvalue weighted by molar-refractivity contribution is 0.139. The minimum atomic E-state index is -0.749. The summed E-state index contributed by atoms with van der Waals surface area (Å²) in [5, 5.41) is 12.3. The highest BCUT2D eigenvalue weighted by atomic mass is 16.4. The van der Waals surface area contributed by atoms with Gasteiger partial charge in [-0.1, -0.05) is 0 Å². The van der Waals surface area contributed by atoms with Crippen molar-refractivity contribution in [2.45, 2.75) is 32.1 Å². The fourth-order valence-corrected chi connectivity index (χ4v) is 2.90. The van der Waals surface area contributed by atoms with Crippen LogP contribution in [0.3, 0.4) is 0 Å². The van der Waals surface area contributed by atoms with Crippen molar-refractivity contribution in [3.05, 3.63) is 0 Å². The summed E-state index contributed by atoms with van der Waals surface area (Å²) in [6.45, 7) is 3.67. The lowest BCUT2D eigenvalue weighted by Crippen LogP contribution is -2.38. The molecule has 2 aliphatic heterocycles. The van der Waals surface area contributed by atoms with E-state index in [1.54, 1.807) is 4.90 Å². The van der Waals surface area contributed by atoms with Crippen molar-refractivity contribution in [1.82, 2.24) is 10.2 Å². The standard InChI is InChI=1S/C11H20N2O2/c14-10(15)13-8-1-2-11(5-9-13)3-6-12-7-4-11/h12H,1-9H2,(H,14,15). The fourth-order valence-electron chi connectivity index (χ4n) is 2.90. The van der Waals surface area contributed by atoms with Gasteiger partial charge in [-0.3, -0.25) is 0 Å². The largest absolute Gasteiger partial charge is 0.465 e. The van der Waals surface area contributed by atoms with Gasteiger partial charge < -0.3 is 15.3 Å². The van der Waals surface area contributed by atoms with E-state index in [-0.39, 0.29) is 0 Å². The minimum absolute atomic E-state index is 0.440. The molecule has 0 aromatic rings. The van der Waals surface area contributed by atoms with Gasteiger partial charge >= 0.3 is 6.09 Å². The van der Waals surface area contributed by atoms with Gasteiger partial charge in [0.05, 0.1) is 0 Å². The molecule has 0 aromatic carbocycles. The van der Waals surface area contributed by atoms with Gasteiger partial charge in [-0.2, -0.15) is 0 Å². The Morgan fingerprint density at radius 2 is 1.87 bits per heavy atom. The van der Waals surface area contributed by atoms with Crippen molar-refractivity contribution in [2.75, 3.05) is 26.2 Å². The van der Waals surface area contributed by atoms with Gasteiger partial charge in [0.25, 0.3) is 0 Å². The summed E-state index contributed by atoms with van der Waals surface area (Å²) in [6.07, 6.45) is 4.99. The highest BCUT2D eigenvalue weighted by molar-refractivity contribution is 5.64. The van der Waals surface area contributed by atoms with Crippen LogP contribution in [0, 0.1) is 5.41 Å². The maximum atomic E-state index is 10.9. The molecule has 4 heteroatoms. The molecule has 0 saturated carbocycles. The monoisotopic (exact) mass is 212 g/mol. The molecular formula is C11H20N2O2. The van der Waals surface area contributed by atoms with E-state index in [4.69, 9.17) is 5.11 Å². The number of carboxylic acid groups (broad SMARTS) is 1. The first kappa shape index (κ1) is 10.7. The first-order chi connectivity index (χ1) is 7.22. The van der Waals surface area contributed by atoms with Crippen molar-refractivity contribution in [1.29, 1.82) is 0 Å². The van der Waals surface area contributed by atoms with Gasteiger partial charge in [-0.05, 0) is 50.6 Å². The maximum absolute atomic E-state index is 10.9. The van der Waals surface area contributed by atoms with E-state index in [1.807, 2.05) is 0 Å².